The third kappa shape index (κ3) is 5.87. The van der Waals surface area contributed by atoms with Crippen molar-refractivity contribution in [3.63, 3.8) is 0 Å². The number of aliphatic hydroxyl groups excluding tert-OH is 1. The zero-order valence-corrected chi connectivity index (χ0v) is 27.5. The van der Waals surface area contributed by atoms with E-state index in [-0.39, 0.29) is 17.4 Å². The second-order valence-corrected chi connectivity index (χ2v) is 13.1. The number of hydrogen-bond donors (Lipinski definition) is 1. The van der Waals surface area contributed by atoms with Crippen molar-refractivity contribution in [1.29, 1.82) is 0 Å². The molecule has 3 aromatic carbocycles. The molecule has 45 heavy (non-hydrogen) atoms. The molecule has 8 nitrogen and oxygen atoms in total. The molecule has 0 saturated carbocycles. The average molecular weight is 656 g/mol. The molecular formula is C35H40Cl2N2O6. The fourth-order valence-electron chi connectivity index (χ4n) is 7.48. The topological polar surface area (TPSA) is 80.7 Å². The molecule has 3 aliphatic rings. The largest absolute Gasteiger partial charge is 0.493 e. The monoisotopic (exact) mass is 654 g/mol. The van der Waals surface area contributed by atoms with Crippen LogP contribution >= 0.6 is 23.2 Å². The van der Waals surface area contributed by atoms with E-state index in [2.05, 4.69) is 29.2 Å². The lowest BCUT2D eigenvalue weighted by molar-refractivity contribution is -0.114. The fourth-order valence-corrected chi connectivity index (χ4v) is 7.78. The maximum absolute atomic E-state index is 14.0. The minimum atomic E-state index is -0.794. The molecule has 2 heterocycles. The molecule has 1 aliphatic carbocycles. The van der Waals surface area contributed by atoms with Gasteiger partial charge in [-0.05, 0) is 79.7 Å². The Hall–Kier alpha value is -3.01. The summed E-state index contributed by atoms with van der Waals surface area (Å²) in [5.41, 5.74) is 2.92. The Bertz CT molecular complexity index is 1530. The number of morpholine rings is 1. The summed E-state index contributed by atoms with van der Waals surface area (Å²) in [4.78, 5) is 18.3. The SMILES string of the molecule is COc1cc(C(=O)N2CCO[C@](CCN3CCC4(CC3)c3ccccc3CC4O)(c3ccc(Cl)c(Cl)c3)C2)cc(OC)c1OC. The lowest BCUT2D eigenvalue weighted by Gasteiger charge is -2.46. The van der Waals surface area contributed by atoms with Gasteiger partial charge < -0.3 is 33.9 Å². The van der Waals surface area contributed by atoms with Crippen LogP contribution in [0.25, 0.3) is 0 Å². The molecule has 0 bridgehead atoms. The summed E-state index contributed by atoms with van der Waals surface area (Å²) in [5, 5.41) is 12.0. The van der Waals surface area contributed by atoms with E-state index in [0.29, 0.717) is 59.0 Å². The lowest BCUT2D eigenvalue weighted by atomic mass is 9.72. The van der Waals surface area contributed by atoms with Crippen molar-refractivity contribution in [2.45, 2.75) is 42.8 Å². The summed E-state index contributed by atoms with van der Waals surface area (Å²) in [6.45, 7) is 3.64. The van der Waals surface area contributed by atoms with Gasteiger partial charge in [0.15, 0.2) is 11.5 Å². The summed E-state index contributed by atoms with van der Waals surface area (Å²) in [6.07, 6.45) is 2.82. The summed E-state index contributed by atoms with van der Waals surface area (Å²) >= 11 is 12.8. The molecule has 2 aliphatic heterocycles. The van der Waals surface area contributed by atoms with E-state index in [9.17, 15) is 9.90 Å². The number of fused-ring (bicyclic) bond motifs is 2. The van der Waals surface area contributed by atoms with Gasteiger partial charge in [-0.2, -0.15) is 0 Å². The van der Waals surface area contributed by atoms with Crippen molar-refractivity contribution in [3.8, 4) is 17.2 Å². The van der Waals surface area contributed by atoms with Gasteiger partial charge in [0.25, 0.3) is 5.91 Å². The molecule has 2 atom stereocenters. The van der Waals surface area contributed by atoms with Crippen LogP contribution in [0.4, 0.5) is 0 Å². The molecule has 10 heteroatoms. The predicted molar refractivity (Wildman–Crippen MR) is 174 cm³/mol. The Morgan fingerprint density at radius 1 is 0.956 bits per heavy atom. The van der Waals surface area contributed by atoms with E-state index >= 15 is 0 Å². The van der Waals surface area contributed by atoms with Gasteiger partial charge in [-0.15, -0.1) is 0 Å². The van der Waals surface area contributed by atoms with Crippen LogP contribution < -0.4 is 14.2 Å². The zero-order chi connectivity index (χ0) is 31.8. The van der Waals surface area contributed by atoms with E-state index in [1.165, 1.54) is 32.5 Å². The Balaban J connectivity index is 1.23. The van der Waals surface area contributed by atoms with Crippen LogP contribution in [0.3, 0.4) is 0 Å². The second kappa shape index (κ2) is 13.0. The number of carbonyl (C=O) groups is 1. The normalized spacial score (nSPS) is 22.7. The fraction of sp³-hybridized carbons (Fsp3) is 0.457. The molecule has 2 saturated heterocycles. The molecule has 1 unspecified atom stereocenters. The highest BCUT2D eigenvalue weighted by Crippen LogP contribution is 2.47. The maximum Gasteiger partial charge on any atom is 0.254 e. The van der Waals surface area contributed by atoms with Gasteiger partial charge in [-0.3, -0.25) is 4.79 Å². The number of likely N-dealkylation sites (tertiary alicyclic amines) is 1. The first-order valence-corrected chi connectivity index (χ1v) is 16.2. The number of nitrogens with zero attached hydrogens (tertiary/aromatic N) is 2. The molecule has 240 valence electrons. The van der Waals surface area contributed by atoms with E-state index in [4.69, 9.17) is 42.1 Å². The standard InChI is InChI=1S/C35H40Cl2N2O6/c1-42-29-18-24(19-30(43-2)32(29)44-3)33(41)39-16-17-45-35(22-39,25-8-9-27(36)28(37)21-25)12-15-38-13-10-34(11-14-38)26-7-5-4-6-23(26)20-31(34)40/h4-9,18-19,21,31,40H,10-17,20,22H2,1-3H3/t31?,35-/m0/s1. The van der Waals surface area contributed by atoms with Gasteiger partial charge in [0.2, 0.25) is 5.75 Å². The average Bonchev–Trinajstić information content (AvgIpc) is 3.34. The predicted octanol–water partition coefficient (Wildman–Crippen LogP) is 5.73. The minimum absolute atomic E-state index is 0.157. The van der Waals surface area contributed by atoms with Crippen molar-refractivity contribution in [2.24, 2.45) is 0 Å². The van der Waals surface area contributed by atoms with Crippen LogP contribution in [0.2, 0.25) is 10.0 Å². The van der Waals surface area contributed by atoms with Crippen LogP contribution in [0.15, 0.2) is 54.6 Å². The molecule has 2 fully saturated rings. The molecule has 1 N–H and O–H groups in total. The zero-order valence-electron chi connectivity index (χ0n) is 26.0. The quantitative estimate of drug-likeness (QED) is 0.332. The van der Waals surface area contributed by atoms with E-state index in [1.54, 1.807) is 18.2 Å². The number of aliphatic hydroxyl groups is 1. The van der Waals surface area contributed by atoms with Crippen molar-refractivity contribution in [1.82, 2.24) is 9.80 Å². The number of piperidine rings is 1. The van der Waals surface area contributed by atoms with E-state index in [1.807, 2.05) is 17.0 Å². The molecular weight excluding hydrogens is 615 g/mol. The van der Waals surface area contributed by atoms with Crippen LogP contribution in [-0.4, -0.2) is 87.6 Å². The molecule has 0 aromatic heterocycles. The summed E-state index contributed by atoms with van der Waals surface area (Å²) in [6, 6.07) is 17.4. The number of hydrogen-bond acceptors (Lipinski definition) is 7. The lowest BCUT2D eigenvalue weighted by Crippen LogP contribution is -2.54. The van der Waals surface area contributed by atoms with Gasteiger partial charge in [0.1, 0.15) is 5.60 Å². The number of benzene rings is 3. The highest BCUT2D eigenvalue weighted by molar-refractivity contribution is 6.42. The van der Waals surface area contributed by atoms with Gasteiger partial charge in [-0.25, -0.2) is 0 Å². The van der Waals surface area contributed by atoms with Crippen molar-refractivity contribution in [3.05, 3.63) is 86.9 Å². The van der Waals surface area contributed by atoms with Crippen molar-refractivity contribution >= 4 is 29.1 Å². The first kappa shape index (κ1) is 32.0. The van der Waals surface area contributed by atoms with Gasteiger partial charge in [0, 0.05) is 24.1 Å². The van der Waals surface area contributed by atoms with Gasteiger partial charge in [-0.1, -0.05) is 53.5 Å². The molecule has 6 rings (SSSR count). The minimum Gasteiger partial charge on any atom is -0.493 e. The van der Waals surface area contributed by atoms with E-state index in [0.717, 1.165) is 44.5 Å². The second-order valence-electron chi connectivity index (χ2n) is 12.2. The number of methoxy groups -OCH3 is 3. The van der Waals surface area contributed by atoms with Gasteiger partial charge in [0.05, 0.1) is 50.6 Å². The van der Waals surface area contributed by atoms with Crippen molar-refractivity contribution < 1.29 is 28.8 Å². The number of carbonyl (C=O) groups excluding carboxylic acids is 1. The Morgan fingerprint density at radius 3 is 2.33 bits per heavy atom. The smallest absolute Gasteiger partial charge is 0.254 e. The highest BCUT2D eigenvalue weighted by Gasteiger charge is 2.48. The summed E-state index contributed by atoms with van der Waals surface area (Å²) in [5.74, 6) is 1.11. The number of rotatable bonds is 8. The van der Waals surface area contributed by atoms with Crippen molar-refractivity contribution in [2.75, 3.05) is 60.7 Å². The Kier molecular flexibility index (Phi) is 9.24. The van der Waals surface area contributed by atoms with Crippen LogP contribution in [0.5, 0.6) is 17.2 Å². The first-order valence-electron chi connectivity index (χ1n) is 15.4. The molecule has 1 spiro atoms. The first-order chi connectivity index (χ1) is 21.7. The van der Waals surface area contributed by atoms with Crippen LogP contribution in [0.1, 0.15) is 46.3 Å². The highest BCUT2D eigenvalue weighted by atomic mass is 35.5. The Morgan fingerprint density at radius 2 is 1.67 bits per heavy atom. The number of halogens is 2. The van der Waals surface area contributed by atoms with Gasteiger partial charge >= 0.3 is 0 Å². The third-order valence-electron chi connectivity index (χ3n) is 10.0. The molecule has 1 amide bonds. The number of amides is 1. The molecule has 3 aromatic rings. The Labute approximate surface area is 274 Å². The third-order valence-corrected chi connectivity index (χ3v) is 10.8. The summed E-state index contributed by atoms with van der Waals surface area (Å²) in [7, 11) is 4.60. The van der Waals surface area contributed by atoms with Crippen LogP contribution in [0, 0.1) is 0 Å². The molecule has 0 radical (unpaired) electrons. The van der Waals surface area contributed by atoms with E-state index < -0.39 is 5.60 Å². The summed E-state index contributed by atoms with van der Waals surface area (Å²) < 4.78 is 23.1. The maximum atomic E-state index is 14.0. The van der Waals surface area contributed by atoms with Crippen LogP contribution in [-0.2, 0) is 22.2 Å². The number of ether oxygens (including phenoxy) is 4.